The predicted octanol–water partition coefficient (Wildman–Crippen LogP) is 3.53. The molecule has 1 aliphatic heterocycles. The highest BCUT2D eigenvalue weighted by Gasteiger charge is 2.05. The van der Waals surface area contributed by atoms with Gasteiger partial charge in [-0.1, -0.05) is 29.4 Å². The van der Waals surface area contributed by atoms with Crippen LogP contribution in [0.15, 0.2) is 34.8 Å². The summed E-state index contributed by atoms with van der Waals surface area (Å²) in [6.45, 7) is 6.62. The normalized spacial score (nSPS) is 25.2. The first-order valence-electron chi connectivity index (χ1n) is 3.88. The Balaban J connectivity index is 2.91. The zero-order valence-electron chi connectivity index (χ0n) is 7.29. The molecule has 1 heterocycles. The van der Waals surface area contributed by atoms with Gasteiger partial charge in [0.2, 0.25) is 0 Å². The van der Waals surface area contributed by atoms with Crippen LogP contribution in [-0.2, 0) is 0 Å². The standard InChI is InChI=1S/C10H14S/c1-8-6-4-5-7-11-10(3)9(8)2/h4-7,10H,1-3H3. The van der Waals surface area contributed by atoms with Gasteiger partial charge in [-0.2, -0.15) is 0 Å². The third-order valence-corrected chi connectivity index (χ3v) is 3.13. The van der Waals surface area contributed by atoms with Crippen molar-refractivity contribution in [1.29, 1.82) is 0 Å². The minimum Gasteiger partial charge on any atom is -0.127 e. The van der Waals surface area contributed by atoms with Crippen molar-refractivity contribution < 1.29 is 0 Å². The van der Waals surface area contributed by atoms with Crippen molar-refractivity contribution in [1.82, 2.24) is 0 Å². The molecule has 1 heteroatoms. The molecule has 1 atom stereocenters. The molecular weight excluding hydrogens is 152 g/mol. The molecule has 0 spiro atoms. The first kappa shape index (κ1) is 8.66. The second-order valence-corrected chi connectivity index (χ2v) is 4.08. The van der Waals surface area contributed by atoms with Crippen molar-refractivity contribution in [2.75, 3.05) is 0 Å². The number of hydrogen-bond donors (Lipinski definition) is 0. The van der Waals surface area contributed by atoms with E-state index in [0.29, 0.717) is 5.25 Å². The Morgan fingerprint density at radius 3 is 2.73 bits per heavy atom. The molecule has 1 rings (SSSR count). The van der Waals surface area contributed by atoms with Crippen molar-refractivity contribution in [3.8, 4) is 0 Å². The summed E-state index contributed by atoms with van der Waals surface area (Å²) in [5.74, 6) is 0. The summed E-state index contributed by atoms with van der Waals surface area (Å²) in [4.78, 5) is 0. The van der Waals surface area contributed by atoms with Crippen molar-refractivity contribution in [3.63, 3.8) is 0 Å². The molecule has 0 aromatic heterocycles. The number of hydrogen-bond acceptors (Lipinski definition) is 1. The molecule has 0 aromatic rings. The molecule has 0 amide bonds. The lowest BCUT2D eigenvalue weighted by atomic mass is 10.1. The van der Waals surface area contributed by atoms with Gasteiger partial charge in [0.25, 0.3) is 0 Å². The molecule has 1 unspecified atom stereocenters. The lowest BCUT2D eigenvalue weighted by Gasteiger charge is -2.12. The van der Waals surface area contributed by atoms with Gasteiger partial charge in [0.1, 0.15) is 0 Å². The molecule has 0 saturated carbocycles. The summed E-state index contributed by atoms with van der Waals surface area (Å²) >= 11 is 1.87. The van der Waals surface area contributed by atoms with E-state index in [4.69, 9.17) is 0 Å². The minimum atomic E-state index is 0.621. The summed E-state index contributed by atoms with van der Waals surface area (Å²) in [7, 11) is 0. The van der Waals surface area contributed by atoms with Crippen LogP contribution in [0.25, 0.3) is 0 Å². The van der Waals surface area contributed by atoms with Gasteiger partial charge in [0, 0.05) is 5.25 Å². The number of allylic oxidation sites excluding steroid dienone is 4. The number of thioether (sulfide) groups is 1. The van der Waals surface area contributed by atoms with Crippen LogP contribution in [0.3, 0.4) is 0 Å². The third-order valence-electron chi connectivity index (χ3n) is 2.05. The Bertz CT molecular complexity index is 221. The van der Waals surface area contributed by atoms with E-state index in [1.54, 1.807) is 0 Å². The maximum Gasteiger partial charge on any atom is 0.0272 e. The van der Waals surface area contributed by atoms with Gasteiger partial charge in [0.05, 0.1) is 0 Å². The second kappa shape index (κ2) is 3.82. The van der Waals surface area contributed by atoms with E-state index >= 15 is 0 Å². The molecule has 11 heavy (non-hydrogen) atoms. The van der Waals surface area contributed by atoms with Crippen LogP contribution in [0.5, 0.6) is 0 Å². The van der Waals surface area contributed by atoms with Crippen molar-refractivity contribution >= 4 is 11.8 Å². The summed E-state index contributed by atoms with van der Waals surface area (Å²) in [5.41, 5.74) is 2.88. The van der Waals surface area contributed by atoms with Crippen LogP contribution < -0.4 is 0 Å². The Kier molecular flexibility index (Phi) is 3.01. The van der Waals surface area contributed by atoms with E-state index < -0.39 is 0 Å². The van der Waals surface area contributed by atoms with Crippen LogP contribution in [0, 0.1) is 0 Å². The van der Waals surface area contributed by atoms with Gasteiger partial charge in [0.15, 0.2) is 0 Å². The summed E-state index contributed by atoms with van der Waals surface area (Å²) in [6.07, 6.45) is 6.36. The van der Waals surface area contributed by atoms with Gasteiger partial charge >= 0.3 is 0 Å². The molecule has 0 aliphatic carbocycles. The zero-order chi connectivity index (χ0) is 8.27. The van der Waals surface area contributed by atoms with Gasteiger partial charge in [-0.15, -0.1) is 11.8 Å². The lowest BCUT2D eigenvalue weighted by Crippen LogP contribution is -1.99. The molecule has 0 N–H and O–H groups in total. The van der Waals surface area contributed by atoms with E-state index in [1.807, 2.05) is 11.8 Å². The fourth-order valence-corrected chi connectivity index (χ4v) is 1.77. The topological polar surface area (TPSA) is 0 Å². The fourth-order valence-electron chi connectivity index (χ4n) is 0.963. The largest absolute Gasteiger partial charge is 0.127 e. The van der Waals surface area contributed by atoms with Gasteiger partial charge in [-0.05, 0) is 26.2 Å². The average molecular weight is 166 g/mol. The minimum absolute atomic E-state index is 0.621. The summed E-state index contributed by atoms with van der Waals surface area (Å²) < 4.78 is 0. The molecule has 0 radical (unpaired) electrons. The Labute approximate surface area is 73.1 Å². The van der Waals surface area contributed by atoms with E-state index in [-0.39, 0.29) is 0 Å². The fraction of sp³-hybridized carbons (Fsp3) is 0.400. The summed E-state index contributed by atoms with van der Waals surface area (Å²) in [5, 5.41) is 2.77. The molecule has 0 nitrogen and oxygen atoms in total. The summed E-state index contributed by atoms with van der Waals surface area (Å²) in [6, 6.07) is 0. The first-order chi connectivity index (χ1) is 5.22. The van der Waals surface area contributed by atoms with E-state index in [1.165, 1.54) is 11.1 Å². The van der Waals surface area contributed by atoms with Gasteiger partial charge in [-0.25, -0.2) is 0 Å². The van der Waals surface area contributed by atoms with Crippen LogP contribution in [0.1, 0.15) is 20.8 Å². The maximum atomic E-state index is 2.24. The number of rotatable bonds is 0. The Morgan fingerprint density at radius 2 is 2.00 bits per heavy atom. The Morgan fingerprint density at radius 1 is 1.27 bits per heavy atom. The highest BCUT2D eigenvalue weighted by atomic mass is 32.2. The molecular formula is C10H14S. The van der Waals surface area contributed by atoms with Crippen LogP contribution in [0.2, 0.25) is 0 Å². The lowest BCUT2D eigenvalue weighted by molar-refractivity contribution is 1.09. The molecule has 1 aliphatic rings. The van der Waals surface area contributed by atoms with E-state index in [0.717, 1.165) is 0 Å². The SMILES string of the molecule is CC1=C(C)C(C)SC=CC=C1. The molecule has 60 valence electrons. The zero-order valence-corrected chi connectivity index (χ0v) is 8.11. The smallest absolute Gasteiger partial charge is 0.0272 e. The molecule has 0 bridgehead atoms. The van der Waals surface area contributed by atoms with Crippen LogP contribution in [0.4, 0.5) is 0 Å². The predicted molar refractivity (Wildman–Crippen MR) is 53.7 cm³/mol. The third kappa shape index (κ3) is 2.26. The van der Waals surface area contributed by atoms with E-state index in [9.17, 15) is 0 Å². The molecule has 0 saturated heterocycles. The Hall–Kier alpha value is -0.430. The van der Waals surface area contributed by atoms with Gasteiger partial charge in [-0.3, -0.25) is 0 Å². The first-order valence-corrected chi connectivity index (χ1v) is 4.82. The highest BCUT2D eigenvalue weighted by Crippen LogP contribution is 2.24. The molecule has 0 aromatic carbocycles. The van der Waals surface area contributed by atoms with E-state index in [2.05, 4.69) is 44.4 Å². The van der Waals surface area contributed by atoms with Crippen LogP contribution in [-0.4, -0.2) is 5.25 Å². The van der Waals surface area contributed by atoms with Crippen LogP contribution >= 0.6 is 11.8 Å². The second-order valence-electron chi connectivity index (χ2n) is 2.83. The quantitative estimate of drug-likeness (QED) is 0.530. The highest BCUT2D eigenvalue weighted by molar-refractivity contribution is 8.02. The monoisotopic (exact) mass is 166 g/mol. The van der Waals surface area contributed by atoms with Crippen molar-refractivity contribution in [2.24, 2.45) is 0 Å². The average Bonchev–Trinajstić information content (AvgIpc) is 2.00. The van der Waals surface area contributed by atoms with Crippen molar-refractivity contribution in [2.45, 2.75) is 26.0 Å². The molecule has 0 fully saturated rings. The van der Waals surface area contributed by atoms with Crippen molar-refractivity contribution in [3.05, 3.63) is 34.8 Å². The van der Waals surface area contributed by atoms with Gasteiger partial charge < -0.3 is 0 Å². The maximum absolute atomic E-state index is 2.24.